The standard InChI is InChI=1S/C14H11Br2ClN2O/c15-9-2-1-3-11(6-9)19-14(20)8-18-13-5-4-10(16)7-12(13)17/h1-7,18H,8H2,(H,19,20). The van der Waals surface area contributed by atoms with E-state index in [9.17, 15) is 4.79 Å². The Morgan fingerprint density at radius 3 is 2.55 bits per heavy atom. The average molecular weight is 419 g/mol. The summed E-state index contributed by atoms with van der Waals surface area (Å²) >= 11 is 12.8. The molecule has 104 valence electrons. The molecule has 2 N–H and O–H groups in total. The van der Waals surface area contributed by atoms with E-state index in [-0.39, 0.29) is 12.5 Å². The van der Waals surface area contributed by atoms with Crippen molar-refractivity contribution in [3.63, 3.8) is 0 Å². The quantitative estimate of drug-likeness (QED) is 0.740. The van der Waals surface area contributed by atoms with Gasteiger partial charge in [-0.15, -0.1) is 0 Å². The maximum absolute atomic E-state index is 11.8. The lowest BCUT2D eigenvalue weighted by Gasteiger charge is -2.09. The van der Waals surface area contributed by atoms with E-state index < -0.39 is 0 Å². The normalized spacial score (nSPS) is 10.2. The minimum absolute atomic E-state index is 0.137. The maximum atomic E-state index is 11.8. The van der Waals surface area contributed by atoms with Crippen molar-refractivity contribution in [3.05, 3.63) is 56.4 Å². The summed E-state index contributed by atoms with van der Waals surface area (Å²) in [5.74, 6) is -0.137. The third-order valence-electron chi connectivity index (χ3n) is 2.48. The highest BCUT2D eigenvalue weighted by Crippen LogP contribution is 2.25. The first-order valence-corrected chi connectivity index (χ1v) is 7.75. The zero-order valence-corrected chi connectivity index (χ0v) is 14.2. The molecule has 20 heavy (non-hydrogen) atoms. The number of anilines is 2. The molecule has 0 radical (unpaired) electrons. The van der Waals surface area contributed by atoms with Gasteiger partial charge in [0.15, 0.2) is 0 Å². The largest absolute Gasteiger partial charge is 0.375 e. The van der Waals surface area contributed by atoms with Crippen LogP contribution in [0.5, 0.6) is 0 Å². The molecule has 0 unspecified atom stereocenters. The molecule has 0 heterocycles. The van der Waals surface area contributed by atoms with Crippen LogP contribution in [0.4, 0.5) is 11.4 Å². The van der Waals surface area contributed by atoms with E-state index in [4.69, 9.17) is 11.6 Å². The predicted molar refractivity (Wildman–Crippen MR) is 90.4 cm³/mol. The third-order valence-corrected chi connectivity index (χ3v) is 3.78. The zero-order chi connectivity index (χ0) is 14.5. The second-order valence-corrected chi connectivity index (χ2v) is 6.27. The number of amides is 1. The summed E-state index contributed by atoms with van der Waals surface area (Å²) in [6, 6.07) is 12.9. The van der Waals surface area contributed by atoms with Crippen molar-refractivity contribution in [3.8, 4) is 0 Å². The van der Waals surface area contributed by atoms with Gasteiger partial charge in [-0.25, -0.2) is 0 Å². The fourth-order valence-corrected chi connectivity index (χ4v) is 2.72. The fourth-order valence-electron chi connectivity index (χ4n) is 1.58. The topological polar surface area (TPSA) is 41.1 Å². The summed E-state index contributed by atoms with van der Waals surface area (Å²) in [7, 11) is 0. The lowest BCUT2D eigenvalue weighted by molar-refractivity contribution is -0.114. The second-order valence-electron chi connectivity index (χ2n) is 4.04. The van der Waals surface area contributed by atoms with Crippen LogP contribution in [0.1, 0.15) is 0 Å². The molecule has 0 aromatic heterocycles. The molecule has 2 aromatic carbocycles. The van der Waals surface area contributed by atoms with Gasteiger partial charge in [-0.05, 0) is 36.4 Å². The number of nitrogens with one attached hydrogen (secondary N) is 2. The summed E-state index contributed by atoms with van der Waals surface area (Å²) in [4.78, 5) is 11.8. The van der Waals surface area contributed by atoms with Crippen molar-refractivity contribution in [2.24, 2.45) is 0 Å². The molecule has 0 spiro atoms. The van der Waals surface area contributed by atoms with Crippen molar-refractivity contribution < 1.29 is 4.79 Å². The lowest BCUT2D eigenvalue weighted by Crippen LogP contribution is -2.21. The highest BCUT2D eigenvalue weighted by molar-refractivity contribution is 9.10. The van der Waals surface area contributed by atoms with Crippen LogP contribution >= 0.6 is 43.5 Å². The van der Waals surface area contributed by atoms with Gasteiger partial charge in [0.1, 0.15) is 0 Å². The molecule has 2 aromatic rings. The summed E-state index contributed by atoms with van der Waals surface area (Å²) in [6.45, 7) is 0.147. The molecule has 1 amide bonds. The van der Waals surface area contributed by atoms with Crippen LogP contribution in [0.3, 0.4) is 0 Å². The first-order valence-electron chi connectivity index (χ1n) is 5.79. The number of hydrogen-bond donors (Lipinski definition) is 2. The van der Waals surface area contributed by atoms with Gasteiger partial charge < -0.3 is 10.6 Å². The number of carbonyl (C=O) groups is 1. The SMILES string of the molecule is O=C(CNc1ccc(Br)cc1Cl)Nc1cccc(Br)c1. The molecule has 0 saturated heterocycles. The van der Waals surface area contributed by atoms with Gasteiger partial charge in [0.05, 0.1) is 17.3 Å². The Bertz CT molecular complexity index is 634. The number of rotatable bonds is 4. The molecule has 0 fully saturated rings. The van der Waals surface area contributed by atoms with Crippen LogP contribution in [0.15, 0.2) is 51.4 Å². The maximum Gasteiger partial charge on any atom is 0.243 e. The summed E-state index contributed by atoms with van der Waals surface area (Å²) in [5.41, 5.74) is 1.47. The van der Waals surface area contributed by atoms with Gasteiger partial charge in [0.2, 0.25) is 5.91 Å². The summed E-state index contributed by atoms with van der Waals surface area (Å²) < 4.78 is 1.81. The first-order chi connectivity index (χ1) is 9.54. The Balaban J connectivity index is 1.92. The molecule has 0 aliphatic carbocycles. The molecule has 0 atom stereocenters. The molecule has 6 heteroatoms. The van der Waals surface area contributed by atoms with Crippen LogP contribution in [0, 0.1) is 0 Å². The molecule has 3 nitrogen and oxygen atoms in total. The van der Waals surface area contributed by atoms with Gasteiger partial charge in [0.25, 0.3) is 0 Å². The molecule has 0 saturated carbocycles. The second kappa shape index (κ2) is 7.11. The highest BCUT2D eigenvalue weighted by atomic mass is 79.9. The molecular weight excluding hydrogens is 407 g/mol. The van der Waals surface area contributed by atoms with Crippen LogP contribution in [-0.2, 0) is 4.79 Å². The third kappa shape index (κ3) is 4.51. The first kappa shape index (κ1) is 15.4. The Kier molecular flexibility index (Phi) is 5.46. The van der Waals surface area contributed by atoms with Crippen LogP contribution in [0.25, 0.3) is 0 Å². The van der Waals surface area contributed by atoms with Crippen molar-refractivity contribution in [1.29, 1.82) is 0 Å². The fraction of sp³-hybridized carbons (Fsp3) is 0.0714. The van der Waals surface area contributed by atoms with Crippen LogP contribution < -0.4 is 10.6 Å². The monoisotopic (exact) mass is 416 g/mol. The van der Waals surface area contributed by atoms with E-state index in [1.54, 1.807) is 6.07 Å². The van der Waals surface area contributed by atoms with E-state index in [2.05, 4.69) is 42.5 Å². The van der Waals surface area contributed by atoms with Crippen molar-refractivity contribution in [2.75, 3.05) is 17.2 Å². The van der Waals surface area contributed by atoms with Gasteiger partial charge in [-0.1, -0.05) is 49.5 Å². The average Bonchev–Trinajstić information content (AvgIpc) is 2.37. The predicted octanol–water partition coefficient (Wildman–Crippen LogP) is 4.92. The Hall–Kier alpha value is -1.04. The van der Waals surface area contributed by atoms with Crippen LogP contribution in [-0.4, -0.2) is 12.5 Å². The highest BCUT2D eigenvalue weighted by Gasteiger charge is 2.05. The van der Waals surface area contributed by atoms with Crippen molar-refractivity contribution >= 4 is 60.7 Å². The Labute approximate surface area is 139 Å². The van der Waals surface area contributed by atoms with E-state index in [1.165, 1.54) is 0 Å². The van der Waals surface area contributed by atoms with Gasteiger partial charge >= 0.3 is 0 Å². The molecule has 2 rings (SSSR count). The summed E-state index contributed by atoms with van der Waals surface area (Å²) in [5, 5.41) is 6.36. The molecule has 0 aliphatic rings. The molecular formula is C14H11Br2ClN2O. The van der Waals surface area contributed by atoms with Crippen molar-refractivity contribution in [2.45, 2.75) is 0 Å². The van der Waals surface area contributed by atoms with Gasteiger partial charge in [-0.2, -0.15) is 0 Å². The number of halogens is 3. The van der Waals surface area contributed by atoms with E-state index in [0.717, 1.165) is 20.3 Å². The van der Waals surface area contributed by atoms with Gasteiger partial charge in [0, 0.05) is 14.6 Å². The minimum Gasteiger partial charge on any atom is -0.375 e. The number of hydrogen-bond acceptors (Lipinski definition) is 2. The lowest BCUT2D eigenvalue weighted by atomic mass is 10.3. The number of benzene rings is 2. The summed E-state index contributed by atoms with van der Waals surface area (Å²) in [6.07, 6.45) is 0. The smallest absolute Gasteiger partial charge is 0.243 e. The van der Waals surface area contributed by atoms with E-state index in [1.807, 2.05) is 36.4 Å². The van der Waals surface area contributed by atoms with E-state index >= 15 is 0 Å². The molecule has 0 bridgehead atoms. The van der Waals surface area contributed by atoms with E-state index in [0.29, 0.717) is 5.02 Å². The zero-order valence-electron chi connectivity index (χ0n) is 10.3. The Morgan fingerprint density at radius 1 is 1.10 bits per heavy atom. The molecule has 0 aliphatic heterocycles. The van der Waals surface area contributed by atoms with Gasteiger partial charge in [-0.3, -0.25) is 4.79 Å². The minimum atomic E-state index is -0.137. The Morgan fingerprint density at radius 2 is 1.85 bits per heavy atom. The number of carbonyl (C=O) groups excluding carboxylic acids is 1. The van der Waals surface area contributed by atoms with Crippen molar-refractivity contribution in [1.82, 2.24) is 0 Å². The van der Waals surface area contributed by atoms with Crippen LogP contribution in [0.2, 0.25) is 5.02 Å².